The highest BCUT2D eigenvalue weighted by atomic mass is 19.3. The van der Waals surface area contributed by atoms with E-state index in [0.717, 1.165) is 5.56 Å². The van der Waals surface area contributed by atoms with E-state index in [9.17, 15) is 13.6 Å². The molecule has 19 heavy (non-hydrogen) atoms. The lowest BCUT2D eigenvalue weighted by molar-refractivity contribution is -0.144. The zero-order valence-electron chi connectivity index (χ0n) is 10.7. The van der Waals surface area contributed by atoms with Crippen LogP contribution in [0.2, 0.25) is 0 Å². The number of rotatable bonds is 5. The van der Waals surface area contributed by atoms with E-state index in [0.29, 0.717) is 12.3 Å². The monoisotopic (exact) mass is 270 g/mol. The van der Waals surface area contributed by atoms with Crippen molar-refractivity contribution in [2.75, 3.05) is 26.7 Å². The summed E-state index contributed by atoms with van der Waals surface area (Å²) in [5.41, 5.74) is 0.904. The molecule has 1 heterocycles. The van der Waals surface area contributed by atoms with Crippen molar-refractivity contribution in [3.05, 3.63) is 29.8 Å². The second-order valence-corrected chi connectivity index (χ2v) is 4.63. The van der Waals surface area contributed by atoms with E-state index in [-0.39, 0.29) is 25.5 Å². The van der Waals surface area contributed by atoms with Crippen molar-refractivity contribution in [2.45, 2.75) is 12.5 Å². The number of carbonyl (C=O) groups is 1. The largest absolute Gasteiger partial charge is 0.497 e. The topological polar surface area (TPSA) is 41.6 Å². The van der Waals surface area contributed by atoms with Gasteiger partial charge in [-0.2, -0.15) is 0 Å². The second-order valence-electron chi connectivity index (χ2n) is 4.63. The minimum Gasteiger partial charge on any atom is -0.497 e. The number of likely N-dealkylation sites (tertiary alicyclic amines) is 1. The van der Waals surface area contributed by atoms with Gasteiger partial charge in [-0.05, 0) is 17.7 Å². The Morgan fingerprint density at radius 1 is 1.47 bits per heavy atom. The maximum absolute atomic E-state index is 12.6. The summed E-state index contributed by atoms with van der Waals surface area (Å²) < 4.78 is 30.2. The Balaban J connectivity index is 1.74. The molecule has 104 valence electrons. The Bertz CT molecular complexity index is 458. The highest BCUT2D eigenvalue weighted by Gasteiger charge is 2.44. The van der Waals surface area contributed by atoms with Gasteiger partial charge in [0.2, 0.25) is 5.91 Å². The molecule has 1 fully saturated rings. The van der Waals surface area contributed by atoms with E-state index in [2.05, 4.69) is 5.32 Å². The van der Waals surface area contributed by atoms with Crippen molar-refractivity contribution in [3.8, 4) is 5.75 Å². The maximum atomic E-state index is 12.6. The molecule has 1 aromatic rings. The molecular formula is C13H16F2N2O2. The van der Waals surface area contributed by atoms with Crippen LogP contribution in [0.4, 0.5) is 8.78 Å². The highest BCUT2D eigenvalue weighted by molar-refractivity contribution is 5.78. The van der Waals surface area contributed by atoms with Gasteiger partial charge in [0, 0.05) is 6.54 Å². The average molecular weight is 270 g/mol. The molecule has 0 radical (unpaired) electrons. The van der Waals surface area contributed by atoms with Gasteiger partial charge in [0.1, 0.15) is 5.75 Å². The standard InChI is InChI=1S/C13H16F2N2O2/c1-19-11-4-2-3-10(5-11)6-16-12(18)7-17-8-13(14,15)9-17/h2-5H,6-9H2,1H3,(H,16,18). The lowest BCUT2D eigenvalue weighted by Crippen LogP contribution is -2.58. The molecule has 1 saturated heterocycles. The Labute approximate surface area is 110 Å². The van der Waals surface area contributed by atoms with Gasteiger partial charge in [-0.15, -0.1) is 0 Å². The molecule has 0 spiro atoms. The van der Waals surface area contributed by atoms with Gasteiger partial charge in [-0.1, -0.05) is 12.1 Å². The molecule has 1 aliphatic heterocycles. The minimum atomic E-state index is -2.63. The Morgan fingerprint density at radius 2 is 2.21 bits per heavy atom. The fraction of sp³-hybridized carbons (Fsp3) is 0.462. The number of halogens is 2. The fourth-order valence-corrected chi connectivity index (χ4v) is 1.96. The van der Waals surface area contributed by atoms with Gasteiger partial charge in [0.15, 0.2) is 0 Å². The number of nitrogens with zero attached hydrogens (tertiary/aromatic N) is 1. The molecule has 0 bridgehead atoms. The van der Waals surface area contributed by atoms with Crippen LogP contribution < -0.4 is 10.1 Å². The number of methoxy groups -OCH3 is 1. The van der Waals surface area contributed by atoms with Crippen LogP contribution in [0.1, 0.15) is 5.56 Å². The molecule has 1 aromatic carbocycles. The van der Waals surface area contributed by atoms with E-state index in [1.165, 1.54) is 4.90 Å². The van der Waals surface area contributed by atoms with Gasteiger partial charge in [0.25, 0.3) is 5.92 Å². The van der Waals surface area contributed by atoms with E-state index in [1.54, 1.807) is 7.11 Å². The number of ether oxygens (including phenoxy) is 1. The number of alkyl halides is 2. The van der Waals surface area contributed by atoms with Crippen LogP contribution in [0.5, 0.6) is 5.75 Å². The molecule has 0 saturated carbocycles. The number of benzene rings is 1. The summed E-state index contributed by atoms with van der Waals surface area (Å²) in [6.07, 6.45) is 0. The Kier molecular flexibility index (Phi) is 3.99. The third-order valence-electron chi connectivity index (χ3n) is 2.90. The highest BCUT2D eigenvalue weighted by Crippen LogP contribution is 2.25. The molecule has 0 unspecified atom stereocenters. The Morgan fingerprint density at radius 3 is 2.84 bits per heavy atom. The van der Waals surface area contributed by atoms with Gasteiger partial charge >= 0.3 is 0 Å². The van der Waals surface area contributed by atoms with Crippen molar-refractivity contribution in [3.63, 3.8) is 0 Å². The zero-order chi connectivity index (χ0) is 13.9. The zero-order valence-corrected chi connectivity index (χ0v) is 10.7. The first-order chi connectivity index (χ1) is 8.98. The lowest BCUT2D eigenvalue weighted by atomic mass is 10.1. The van der Waals surface area contributed by atoms with Gasteiger partial charge in [0.05, 0.1) is 26.7 Å². The van der Waals surface area contributed by atoms with E-state index >= 15 is 0 Å². The summed E-state index contributed by atoms with van der Waals surface area (Å²) in [5, 5.41) is 2.70. The average Bonchev–Trinajstić information content (AvgIpc) is 2.34. The minimum absolute atomic E-state index is 0.0135. The number of hydrogen-bond donors (Lipinski definition) is 1. The molecule has 0 atom stereocenters. The number of hydrogen-bond acceptors (Lipinski definition) is 3. The number of carbonyl (C=O) groups excluding carboxylic acids is 1. The first-order valence-electron chi connectivity index (χ1n) is 5.98. The molecule has 0 aliphatic carbocycles. The van der Waals surface area contributed by atoms with Gasteiger partial charge in [-0.3, -0.25) is 9.69 Å². The first kappa shape index (κ1) is 13.7. The smallest absolute Gasteiger partial charge is 0.272 e. The molecule has 4 nitrogen and oxygen atoms in total. The summed E-state index contributed by atoms with van der Waals surface area (Å²) in [4.78, 5) is 13.0. The third kappa shape index (κ3) is 3.89. The van der Waals surface area contributed by atoms with Crippen LogP contribution in [0, 0.1) is 0 Å². The SMILES string of the molecule is COc1cccc(CNC(=O)CN2CC(F)(F)C2)c1. The molecule has 6 heteroatoms. The van der Waals surface area contributed by atoms with Crippen LogP contribution >= 0.6 is 0 Å². The number of nitrogens with one attached hydrogen (secondary N) is 1. The number of amides is 1. The Hall–Kier alpha value is -1.69. The third-order valence-corrected chi connectivity index (χ3v) is 2.90. The van der Waals surface area contributed by atoms with Crippen molar-refractivity contribution in [2.24, 2.45) is 0 Å². The second kappa shape index (κ2) is 5.52. The maximum Gasteiger partial charge on any atom is 0.272 e. The molecule has 2 rings (SSSR count). The van der Waals surface area contributed by atoms with Crippen molar-refractivity contribution in [1.82, 2.24) is 10.2 Å². The van der Waals surface area contributed by atoms with Crippen molar-refractivity contribution in [1.29, 1.82) is 0 Å². The summed E-state index contributed by atoms with van der Waals surface area (Å²) in [7, 11) is 1.57. The van der Waals surface area contributed by atoms with Gasteiger partial charge in [-0.25, -0.2) is 8.78 Å². The predicted molar refractivity (Wildman–Crippen MR) is 66.2 cm³/mol. The fourth-order valence-electron chi connectivity index (χ4n) is 1.96. The molecular weight excluding hydrogens is 254 g/mol. The normalized spacial score (nSPS) is 17.6. The first-order valence-corrected chi connectivity index (χ1v) is 5.98. The predicted octanol–water partition coefficient (Wildman–Crippen LogP) is 1.26. The summed E-state index contributed by atoms with van der Waals surface area (Å²) >= 11 is 0. The van der Waals surface area contributed by atoms with Crippen LogP contribution in [-0.4, -0.2) is 43.5 Å². The summed E-state index contributed by atoms with van der Waals surface area (Å²) in [5.74, 6) is -2.17. The van der Waals surface area contributed by atoms with E-state index in [1.807, 2.05) is 24.3 Å². The van der Waals surface area contributed by atoms with Crippen molar-refractivity contribution >= 4 is 5.91 Å². The lowest BCUT2D eigenvalue weighted by Gasteiger charge is -2.37. The molecule has 1 aliphatic rings. The summed E-state index contributed by atoms with van der Waals surface area (Å²) in [6.45, 7) is -0.293. The van der Waals surface area contributed by atoms with Crippen LogP contribution in [0.25, 0.3) is 0 Å². The molecule has 0 aromatic heterocycles. The van der Waals surface area contributed by atoms with E-state index in [4.69, 9.17) is 4.74 Å². The van der Waals surface area contributed by atoms with Crippen molar-refractivity contribution < 1.29 is 18.3 Å². The molecule has 1 amide bonds. The van der Waals surface area contributed by atoms with Crippen LogP contribution in [0.3, 0.4) is 0 Å². The van der Waals surface area contributed by atoms with E-state index < -0.39 is 5.92 Å². The summed E-state index contributed by atoms with van der Waals surface area (Å²) in [6, 6.07) is 7.32. The van der Waals surface area contributed by atoms with Crippen LogP contribution in [-0.2, 0) is 11.3 Å². The van der Waals surface area contributed by atoms with Gasteiger partial charge < -0.3 is 10.1 Å². The quantitative estimate of drug-likeness (QED) is 0.876. The molecule has 1 N–H and O–H groups in total. The van der Waals surface area contributed by atoms with Crippen LogP contribution in [0.15, 0.2) is 24.3 Å².